The third kappa shape index (κ3) is 4.39. The van der Waals surface area contributed by atoms with Crippen LogP contribution in [-0.4, -0.2) is 36.1 Å². The monoisotopic (exact) mass is 236 g/mol. The molecule has 0 bridgehead atoms. The van der Waals surface area contributed by atoms with Crippen molar-refractivity contribution in [2.24, 2.45) is 17.2 Å². The minimum atomic E-state index is 0.597. The quantitative estimate of drug-likeness (QED) is 0.505. The van der Waals surface area contributed by atoms with Gasteiger partial charge in [0.1, 0.15) is 0 Å². The molecule has 0 atom stereocenters. The zero-order chi connectivity index (χ0) is 12.5. The molecule has 0 aliphatic heterocycles. The lowest BCUT2D eigenvalue weighted by molar-refractivity contribution is 0.976. The fourth-order valence-corrected chi connectivity index (χ4v) is 1.23. The van der Waals surface area contributed by atoms with Crippen molar-refractivity contribution in [2.45, 2.75) is 0 Å². The van der Waals surface area contributed by atoms with Crippen molar-refractivity contribution in [2.75, 3.05) is 31.5 Å². The molecule has 0 saturated carbocycles. The molecule has 0 radical (unpaired) electrons. The topological polar surface area (TPSA) is 119 Å². The van der Waals surface area contributed by atoms with Crippen LogP contribution in [0.25, 0.3) is 11.0 Å². The van der Waals surface area contributed by atoms with Crippen molar-refractivity contribution in [1.29, 1.82) is 0 Å². The highest BCUT2D eigenvalue weighted by atomic mass is 15.1. The van der Waals surface area contributed by atoms with Crippen LogP contribution in [0.1, 0.15) is 0 Å². The van der Waals surface area contributed by atoms with Gasteiger partial charge >= 0.3 is 0 Å². The predicted octanol–water partition coefficient (Wildman–Crippen LogP) is -0.163. The van der Waals surface area contributed by atoms with Gasteiger partial charge in [-0.1, -0.05) is 12.1 Å². The molecule has 2 aromatic rings. The molecule has 0 spiro atoms. The first kappa shape index (κ1) is 13.4. The summed E-state index contributed by atoms with van der Waals surface area (Å²) in [5.41, 5.74) is 17.2. The number of nitrogens with two attached hydrogens (primary N) is 3. The van der Waals surface area contributed by atoms with Crippen LogP contribution in [0.3, 0.4) is 0 Å². The van der Waals surface area contributed by atoms with Crippen molar-refractivity contribution in [3.05, 3.63) is 24.3 Å². The molecule has 6 heteroatoms. The van der Waals surface area contributed by atoms with E-state index in [1.807, 2.05) is 24.3 Å². The van der Waals surface area contributed by atoms with Crippen LogP contribution in [-0.2, 0) is 0 Å². The Morgan fingerprint density at radius 1 is 1.06 bits per heavy atom. The molecular formula is C11H20N6. The number of aromatic nitrogens is 2. The molecule has 1 aromatic heterocycles. The number of aromatic amines is 1. The standard InChI is InChI=1S/C9H12N4.C2H8N2/c10-5-6-11-9-12-7-3-1-2-4-8(7)13-9;3-1-2-4/h1-4H,5-6,10H2,(H2,11,12,13);1-4H2. The summed E-state index contributed by atoms with van der Waals surface area (Å²) >= 11 is 0. The molecule has 17 heavy (non-hydrogen) atoms. The van der Waals surface area contributed by atoms with Gasteiger partial charge in [-0.05, 0) is 12.1 Å². The van der Waals surface area contributed by atoms with E-state index < -0.39 is 0 Å². The normalized spacial score (nSPS) is 9.82. The summed E-state index contributed by atoms with van der Waals surface area (Å²) in [7, 11) is 0. The predicted molar refractivity (Wildman–Crippen MR) is 71.7 cm³/mol. The van der Waals surface area contributed by atoms with Gasteiger partial charge in [0.15, 0.2) is 0 Å². The van der Waals surface area contributed by atoms with Crippen molar-refractivity contribution in [1.82, 2.24) is 9.97 Å². The fraction of sp³-hybridized carbons (Fsp3) is 0.364. The van der Waals surface area contributed by atoms with Gasteiger partial charge in [0, 0.05) is 26.2 Å². The molecule has 0 aliphatic rings. The molecule has 94 valence electrons. The second kappa shape index (κ2) is 7.61. The van der Waals surface area contributed by atoms with Crippen molar-refractivity contribution >= 4 is 17.0 Å². The lowest BCUT2D eigenvalue weighted by Gasteiger charge is -1.96. The smallest absolute Gasteiger partial charge is 0.201 e. The summed E-state index contributed by atoms with van der Waals surface area (Å²) in [6, 6.07) is 7.92. The number of benzene rings is 1. The lowest BCUT2D eigenvalue weighted by Crippen LogP contribution is -2.13. The van der Waals surface area contributed by atoms with E-state index in [-0.39, 0.29) is 0 Å². The number of imidazole rings is 1. The first-order valence-electron chi connectivity index (χ1n) is 5.60. The highest BCUT2D eigenvalue weighted by Crippen LogP contribution is 2.12. The van der Waals surface area contributed by atoms with Crippen molar-refractivity contribution in [3.8, 4) is 0 Å². The number of rotatable bonds is 4. The van der Waals surface area contributed by atoms with E-state index in [1.54, 1.807) is 0 Å². The summed E-state index contributed by atoms with van der Waals surface area (Å²) in [5.74, 6) is 0.784. The van der Waals surface area contributed by atoms with Gasteiger partial charge in [-0.2, -0.15) is 0 Å². The number of nitrogens with zero attached hydrogens (tertiary/aromatic N) is 1. The van der Waals surface area contributed by atoms with Crippen LogP contribution in [0.2, 0.25) is 0 Å². The lowest BCUT2D eigenvalue weighted by atomic mass is 10.3. The maximum atomic E-state index is 5.37. The van der Waals surface area contributed by atoms with E-state index in [9.17, 15) is 0 Å². The number of hydrogen-bond acceptors (Lipinski definition) is 5. The number of H-pyrrole nitrogens is 1. The van der Waals surface area contributed by atoms with Gasteiger partial charge in [0.05, 0.1) is 11.0 Å². The SMILES string of the molecule is NCCN.NCCNc1nc2ccccc2[nH]1. The molecule has 2 rings (SSSR count). The minimum absolute atomic E-state index is 0.597. The molecule has 8 N–H and O–H groups in total. The largest absolute Gasteiger partial charge is 0.355 e. The molecule has 1 aromatic carbocycles. The third-order valence-corrected chi connectivity index (χ3v) is 1.99. The molecule has 0 unspecified atom stereocenters. The van der Waals surface area contributed by atoms with Gasteiger partial charge in [0.25, 0.3) is 0 Å². The summed E-state index contributed by atoms with van der Waals surface area (Å²) in [6.45, 7) is 2.54. The average molecular weight is 236 g/mol. The van der Waals surface area contributed by atoms with E-state index in [2.05, 4.69) is 15.3 Å². The van der Waals surface area contributed by atoms with Gasteiger partial charge in [0.2, 0.25) is 5.95 Å². The molecule has 0 fully saturated rings. The van der Waals surface area contributed by atoms with Crippen LogP contribution >= 0.6 is 0 Å². The fourth-order valence-electron chi connectivity index (χ4n) is 1.23. The highest BCUT2D eigenvalue weighted by Gasteiger charge is 1.98. The second-order valence-electron chi connectivity index (χ2n) is 3.40. The van der Waals surface area contributed by atoms with Crippen LogP contribution in [0.15, 0.2) is 24.3 Å². The minimum Gasteiger partial charge on any atom is -0.355 e. The third-order valence-electron chi connectivity index (χ3n) is 1.99. The second-order valence-corrected chi connectivity index (χ2v) is 3.40. The number of hydrogen-bond donors (Lipinski definition) is 5. The Balaban J connectivity index is 0.000000317. The molecule has 0 aliphatic carbocycles. The Labute approximate surface area is 101 Å². The van der Waals surface area contributed by atoms with Crippen LogP contribution in [0.4, 0.5) is 5.95 Å². The molecule has 0 saturated heterocycles. The van der Waals surface area contributed by atoms with Crippen molar-refractivity contribution < 1.29 is 0 Å². The summed E-state index contributed by atoms with van der Waals surface area (Å²) < 4.78 is 0. The Morgan fingerprint density at radius 2 is 1.76 bits per heavy atom. The van der Waals surface area contributed by atoms with Crippen molar-refractivity contribution in [3.63, 3.8) is 0 Å². The van der Waals surface area contributed by atoms with E-state index in [4.69, 9.17) is 17.2 Å². The molecule has 0 amide bonds. The van der Waals surface area contributed by atoms with Gasteiger partial charge in [-0.15, -0.1) is 0 Å². The van der Waals surface area contributed by atoms with Crippen LogP contribution in [0.5, 0.6) is 0 Å². The van der Waals surface area contributed by atoms with E-state index in [0.717, 1.165) is 23.5 Å². The molecule has 1 heterocycles. The summed E-state index contributed by atoms with van der Waals surface area (Å²) in [6.07, 6.45) is 0. The van der Waals surface area contributed by atoms with E-state index in [0.29, 0.717) is 19.6 Å². The van der Waals surface area contributed by atoms with Crippen LogP contribution in [0, 0.1) is 0 Å². The molecular weight excluding hydrogens is 216 g/mol. The Morgan fingerprint density at radius 3 is 2.35 bits per heavy atom. The highest BCUT2D eigenvalue weighted by molar-refractivity contribution is 5.77. The number of anilines is 1. The van der Waals surface area contributed by atoms with Gasteiger partial charge in [-0.25, -0.2) is 4.98 Å². The van der Waals surface area contributed by atoms with Gasteiger partial charge in [-0.3, -0.25) is 0 Å². The Hall–Kier alpha value is -1.63. The Bertz CT molecular complexity index is 390. The Kier molecular flexibility index (Phi) is 6.02. The summed E-state index contributed by atoms with van der Waals surface area (Å²) in [5, 5.41) is 3.09. The first-order chi connectivity index (χ1) is 8.31. The van der Waals surface area contributed by atoms with Crippen LogP contribution < -0.4 is 22.5 Å². The van der Waals surface area contributed by atoms with E-state index >= 15 is 0 Å². The summed E-state index contributed by atoms with van der Waals surface area (Å²) in [4.78, 5) is 7.48. The van der Waals surface area contributed by atoms with E-state index in [1.165, 1.54) is 0 Å². The average Bonchev–Trinajstić information content (AvgIpc) is 2.79. The zero-order valence-corrected chi connectivity index (χ0v) is 9.82. The maximum Gasteiger partial charge on any atom is 0.201 e. The number of nitrogens with one attached hydrogen (secondary N) is 2. The first-order valence-corrected chi connectivity index (χ1v) is 5.60. The van der Waals surface area contributed by atoms with Gasteiger partial charge < -0.3 is 27.5 Å². The maximum absolute atomic E-state index is 5.37. The zero-order valence-electron chi connectivity index (χ0n) is 9.82. The number of para-hydroxylation sites is 2. The molecule has 6 nitrogen and oxygen atoms in total. The number of fused-ring (bicyclic) bond motifs is 1.